The van der Waals surface area contributed by atoms with Crippen LogP contribution in [0.5, 0.6) is 0 Å². The van der Waals surface area contributed by atoms with Crippen LogP contribution in [0.4, 0.5) is 5.69 Å². The van der Waals surface area contributed by atoms with Crippen LogP contribution in [0.2, 0.25) is 0 Å². The molecule has 0 bridgehead atoms. The van der Waals surface area contributed by atoms with Crippen molar-refractivity contribution in [3.63, 3.8) is 0 Å². The van der Waals surface area contributed by atoms with Crippen molar-refractivity contribution >= 4 is 28.8 Å². The zero-order valence-corrected chi connectivity index (χ0v) is 14.0. The highest BCUT2D eigenvalue weighted by Crippen LogP contribution is 2.31. The summed E-state index contributed by atoms with van der Waals surface area (Å²) in [6.45, 7) is 0.386. The molecule has 0 aliphatic carbocycles. The summed E-state index contributed by atoms with van der Waals surface area (Å²) in [6, 6.07) is 11.2. The first-order valence-corrected chi connectivity index (χ1v) is 8.75. The van der Waals surface area contributed by atoms with Crippen LogP contribution in [-0.2, 0) is 4.79 Å². The molecule has 6 nitrogen and oxygen atoms in total. The summed E-state index contributed by atoms with van der Waals surface area (Å²) in [6.07, 6.45) is 1.92. The first-order chi connectivity index (χ1) is 12.2. The molecule has 0 spiro atoms. The fraction of sp³-hybridized carbons (Fsp3) is 0.167. The van der Waals surface area contributed by atoms with Gasteiger partial charge in [-0.1, -0.05) is 18.2 Å². The topological polar surface area (TPSA) is 84.2 Å². The molecule has 126 valence electrons. The molecule has 1 atom stereocenters. The number of anilines is 1. The van der Waals surface area contributed by atoms with Crippen molar-refractivity contribution in [1.29, 1.82) is 0 Å². The number of amides is 2. The number of rotatable bonds is 4. The van der Waals surface area contributed by atoms with Crippen molar-refractivity contribution in [2.24, 2.45) is 0 Å². The summed E-state index contributed by atoms with van der Waals surface area (Å²) in [5.74, 6) is 0.309. The first-order valence-electron chi connectivity index (χ1n) is 7.87. The molecule has 25 heavy (non-hydrogen) atoms. The minimum Gasteiger partial charge on any atom is -0.462 e. The molecule has 1 aliphatic rings. The quantitative estimate of drug-likeness (QED) is 0.754. The van der Waals surface area contributed by atoms with Gasteiger partial charge in [0.2, 0.25) is 5.91 Å². The van der Waals surface area contributed by atoms with Gasteiger partial charge < -0.3 is 15.1 Å². The molecule has 0 radical (unpaired) electrons. The lowest BCUT2D eigenvalue weighted by Gasteiger charge is -2.25. The Morgan fingerprint density at radius 1 is 1.32 bits per heavy atom. The molecule has 0 saturated carbocycles. The van der Waals surface area contributed by atoms with Crippen LogP contribution in [-0.4, -0.2) is 23.3 Å². The minimum absolute atomic E-state index is 0.0355. The zero-order valence-electron chi connectivity index (χ0n) is 13.2. The first kappa shape index (κ1) is 15.6. The van der Waals surface area contributed by atoms with Gasteiger partial charge in [-0.15, -0.1) is 11.3 Å². The third-order valence-corrected chi connectivity index (χ3v) is 4.94. The number of fused-ring (bicyclic) bond motifs is 1. The van der Waals surface area contributed by atoms with Gasteiger partial charge in [-0.3, -0.25) is 9.59 Å². The molecule has 0 saturated heterocycles. The van der Waals surface area contributed by atoms with Gasteiger partial charge in [-0.05, 0) is 23.8 Å². The van der Waals surface area contributed by atoms with E-state index in [4.69, 9.17) is 4.42 Å². The van der Waals surface area contributed by atoms with E-state index in [0.717, 1.165) is 11.3 Å². The Balaban J connectivity index is 1.45. The summed E-state index contributed by atoms with van der Waals surface area (Å²) in [5, 5.41) is 8.11. The summed E-state index contributed by atoms with van der Waals surface area (Å²) < 4.78 is 5.29. The van der Waals surface area contributed by atoms with E-state index in [9.17, 15) is 9.59 Å². The number of aromatic nitrogens is 1. The highest BCUT2D eigenvalue weighted by atomic mass is 32.1. The Kier molecular flexibility index (Phi) is 4.07. The van der Waals surface area contributed by atoms with Crippen LogP contribution in [0, 0.1) is 0 Å². The van der Waals surface area contributed by atoms with E-state index in [0.29, 0.717) is 29.4 Å². The van der Waals surface area contributed by atoms with E-state index < -0.39 is 0 Å². The van der Waals surface area contributed by atoms with Gasteiger partial charge in [0.1, 0.15) is 5.69 Å². The van der Waals surface area contributed by atoms with E-state index in [2.05, 4.69) is 15.6 Å². The van der Waals surface area contributed by atoms with Crippen molar-refractivity contribution in [3.05, 3.63) is 59.3 Å². The fourth-order valence-electron chi connectivity index (χ4n) is 2.88. The Morgan fingerprint density at radius 2 is 2.20 bits per heavy atom. The number of hydrogen-bond donors (Lipinski definition) is 2. The normalized spacial score (nSPS) is 16.2. The molecule has 3 aromatic rings. The number of benzene rings is 1. The van der Waals surface area contributed by atoms with E-state index in [1.54, 1.807) is 23.8 Å². The standard InChI is InChI=1S/C18H15N3O3S/c22-16-8-11(12-4-1-2-5-13(12)20-16)9-19-17(23)14-10-25-18(21-14)15-6-3-7-24-15/h1-7,10-11H,8-9H2,(H,19,23)(H,20,22). The van der Waals surface area contributed by atoms with Crippen molar-refractivity contribution in [2.45, 2.75) is 12.3 Å². The van der Waals surface area contributed by atoms with E-state index in [-0.39, 0.29) is 17.7 Å². The van der Waals surface area contributed by atoms with Crippen LogP contribution in [0.25, 0.3) is 10.8 Å². The summed E-state index contributed by atoms with van der Waals surface area (Å²) in [5.41, 5.74) is 2.20. The second kappa shape index (κ2) is 6.52. The SMILES string of the molecule is O=C1CC(CNC(=O)c2csc(-c3ccco3)n2)c2ccccc2N1. The molecule has 0 fully saturated rings. The second-order valence-electron chi connectivity index (χ2n) is 5.76. The maximum atomic E-state index is 12.4. The predicted molar refractivity (Wildman–Crippen MR) is 94.6 cm³/mol. The molecule has 2 aromatic heterocycles. The third kappa shape index (κ3) is 3.18. The molecule has 1 aliphatic heterocycles. The molecule has 3 heterocycles. The number of furan rings is 1. The van der Waals surface area contributed by atoms with Gasteiger partial charge in [0.25, 0.3) is 5.91 Å². The Morgan fingerprint density at radius 3 is 3.04 bits per heavy atom. The van der Waals surface area contributed by atoms with Crippen LogP contribution in [0.1, 0.15) is 28.4 Å². The third-order valence-electron chi connectivity index (χ3n) is 4.08. The highest BCUT2D eigenvalue weighted by Gasteiger charge is 2.25. The lowest BCUT2D eigenvalue weighted by atomic mass is 9.90. The van der Waals surface area contributed by atoms with Gasteiger partial charge in [0.15, 0.2) is 10.8 Å². The number of nitrogens with zero attached hydrogens (tertiary/aromatic N) is 1. The summed E-state index contributed by atoms with van der Waals surface area (Å²) in [4.78, 5) is 28.5. The number of carbonyl (C=O) groups excluding carboxylic acids is 2. The largest absolute Gasteiger partial charge is 0.462 e. The Labute approximate surface area is 147 Å². The number of thiazole rings is 1. The maximum Gasteiger partial charge on any atom is 0.270 e. The number of nitrogens with one attached hydrogen (secondary N) is 2. The van der Waals surface area contributed by atoms with Gasteiger partial charge in [-0.25, -0.2) is 4.98 Å². The van der Waals surface area contributed by atoms with Crippen LogP contribution >= 0.6 is 11.3 Å². The van der Waals surface area contributed by atoms with Crippen molar-refractivity contribution in [3.8, 4) is 10.8 Å². The van der Waals surface area contributed by atoms with Crippen molar-refractivity contribution in [1.82, 2.24) is 10.3 Å². The fourth-order valence-corrected chi connectivity index (χ4v) is 3.65. The van der Waals surface area contributed by atoms with Gasteiger partial charge in [0.05, 0.1) is 6.26 Å². The Bertz CT molecular complexity index is 917. The van der Waals surface area contributed by atoms with Gasteiger partial charge in [0, 0.05) is 30.0 Å². The number of hydrogen-bond acceptors (Lipinski definition) is 5. The van der Waals surface area contributed by atoms with Crippen LogP contribution < -0.4 is 10.6 Å². The average molecular weight is 353 g/mol. The van der Waals surface area contributed by atoms with Gasteiger partial charge in [-0.2, -0.15) is 0 Å². The smallest absolute Gasteiger partial charge is 0.270 e. The number of para-hydroxylation sites is 1. The number of carbonyl (C=O) groups is 2. The average Bonchev–Trinajstić information content (AvgIpc) is 3.30. The second-order valence-corrected chi connectivity index (χ2v) is 6.62. The molecule has 7 heteroatoms. The molecule has 2 N–H and O–H groups in total. The molecule has 2 amide bonds. The molecule has 1 unspecified atom stereocenters. The molecular formula is C18H15N3O3S. The lowest BCUT2D eigenvalue weighted by molar-refractivity contribution is -0.116. The van der Waals surface area contributed by atoms with Crippen LogP contribution in [0.15, 0.2) is 52.5 Å². The monoisotopic (exact) mass is 353 g/mol. The summed E-state index contributed by atoms with van der Waals surface area (Å²) >= 11 is 1.36. The van der Waals surface area contributed by atoms with Crippen molar-refractivity contribution < 1.29 is 14.0 Å². The summed E-state index contributed by atoms with van der Waals surface area (Å²) in [7, 11) is 0. The Hall–Kier alpha value is -2.93. The van der Waals surface area contributed by atoms with E-state index in [1.807, 2.05) is 24.3 Å². The molecule has 4 rings (SSSR count). The van der Waals surface area contributed by atoms with Crippen molar-refractivity contribution in [2.75, 3.05) is 11.9 Å². The van der Waals surface area contributed by atoms with E-state index >= 15 is 0 Å². The molecule has 1 aromatic carbocycles. The van der Waals surface area contributed by atoms with Gasteiger partial charge >= 0.3 is 0 Å². The minimum atomic E-state index is -0.252. The maximum absolute atomic E-state index is 12.4. The lowest BCUT2D eigenvalue weighted by Crippen LogP contribution is -2.33. The van der Waals surface area contributed by atoms with E-state index in [1.165, 1.54) is 11.3 Å². The zero-order chi connectivity index (χ0) is 17.2. The molecular weight excluding hydrogens is 338 g/mol. The highest BCUT2D eigenvalue weighted by molar-refractivity contribution is 7.13. The van der Waals surface area contributed by atoms with Crippen LogP contribution in [0.3, 0.4) is 0 Å². The predicted octanol–water partition coefficient (Wildman–Crippen LogP) is 3.26.